The van der Waals surface area contributed by atoms with Gasteiger partial charge in [0.1, 0.15) is 0 Å². The van der Waals surface area contributed by atoms with Crippen LogP contribution < -0.4 is 5.32 Å². The Hall–Kier alpha value is -1.06. The zero-order valence-corrected chi connectivity index (χ0v) is 10.5. The van der Waals surface area contributed by atoms with Crippen molar-refractivity contribution < 1.29 is 14.7 Å². The Balaban J connectivity index is 3.56. The Labute approximate surface area is 97.4 Å². The monoisotopic (exact) mass is 229 g/mol. The van der Waals surface area contributed by atoms with E-state index in [1.54, 1.807) is 0 Å². The normalized spacial score (nSPS) is 11.2. The molecule has 0 radical (unpaired) electrons. The molecule has 0 aliphatic carbocycles. The van der Waals surface area contributed by atoms with Gasteiger partial charge in [-0.3, -0.25) is 9.59 Å². The minimum atomic E-state index is -0.799. The molecule has 16 heavy (non-hydrogen) atoms. The average molecular weight is 229 g/mol. The topological polar surface area (TPSA) is 66.4 Å². The van der Waals surface area contributed by atoms with E-state index >= 15 is 0 Å². The first-order valence-corrected chi connectivity index (χ1v) is 5.86. The van der Waals surface area contributed by atoms with E-state index in [4.69, 9.17) is 5.11 Å². The molecule has 0 unspecified atom stereocenters. The lowest BCUT2D eigenvalue weighted by Gasteiger charge is -2.22. The van der Waals surface area contributed by atoms with Gasteiger partial charge in [0.25, 0.3) is 0 Å². The van der Waals surface area contributed by atoms with Crippen LogP contribution >= 0.6 is 0 Å². The van der Waals surface area contributed by atoms with Crippen molar-refractivity contribution in [2.75, 3.05) is 6.54 Å². The van der Waals surface area contributed by atoms with Crippen molar-refractivity contribution in [2.24, 2.45) is 5.41 Å². The molecule has 0 bridgehead atoms. The number of carbonyl (C=O) groups excluding carboxylic acids is 1. The van der Waals surface area contributed by atoms with Crippen molar-refractivity contribution in [3.8, 4) is 0 Å². The maximum absolute atomic E-state index is 11.4. The molecule has 0 heterocycles. The zero-order valence-electron chi connectivity index (χ0n) is 10.5. The van der Waals surface area contributed by atoms with Gasteiger partial charge in [0, 0.05) is 19.4 Å². The van der Waals surface area contributed by atoms with E-state index in [9.17, 15) is 9.59 Å². The number of aliphatic carboxylic acids is 1. The van der Waals surface area contributed by atoms with Crippen LogP contribution in [0.15, 0.2) is 0 Å². The van der Waals surface area contributed by atoms with Crippen LogP contribution in [0.5, 0.6) is 0 Å². The van der Waals surface area contributed by atoms with Crippen molar-refractivity contribution in [3.63, 3.8) is 0 Å². The first-order chi connectivity index (χ1) is 7.37. The summed E-state index contributed by atoms with van der Waals surface area (Å²) < 4.78 is 0. The maximum atomic E-state index is 11.4. The minimum Gasteiger partial charge on any atom is -0.481 e. The summed E-state index contributed by atoms with van der Waals surface area (Å²) in [4.78, 5) is 21.6. The van der Waals surface area contributed by atoms with E-state index in [0.717, 1.165) is 6.42 Å². The van der Waals surface area contributed by atoms with E-state index in [1.807, 2.05) is 0 Å². The summed E-state index contributed by atoms with van der Waals surface area (Å²) in [6.45, 7) is 7.00. The molecular formula is C12H23NO3. The second-order valence-electron chi connectivity index (χ2n) is 4.90. The van der Waals surface area contributed by atoms with Crippen molar-refractivity contribution in [3.05, 3.63) is 0 Å². The predicted molar refractivity (Wildman–Crippen MR) is 63.2 cm³/mol. The summed E-state index contributed by atoms with van der Waals surface area (Å²) >= 11 is 0. The average Bonchev–Trinajstić information content (AvgIpc) is 2.21. The van der Waals surface area contributed by atoms with Gasteiger partial charge < -0.3 is 10.4 Å². The Morgan fingerprint density at radius 2 is 1.75 bits per heavy atom. The largest absolute Gasteiger partial charge is 0.481 e. The fourth-order valence-corrected chi connectivity index (χ4v) is 1.11. The fourth-order valence-electron chi connectivity index (χ4n) is 1.11. The third-order valence-electron chi connectivity index (χ3n) is 2.77. The Morgan fingerprint density at radius 1 is 1.19 bits per heavy atom. The molecule has 4 nitrogen and oxygen atoms in total. The van der Waals surface area contributed by atoms with Crippen LogP contribution in [-0.4, -0.2) is 23.5 Å². The van der Waals surface area contributed by atoms with E-state index in [2.05, 4.69) is 26.1 Å². The van der Waals surface area contributed by atoms with Crippen LogP contribution in [0.1, 0.15) is 52.9 Å². The van der Waals surface area contributed by atoms with Crippen LogP contribution in [-0.2, 0) is 9.59 Å². The Bertz CT molecular complexity index is 236. The molecule has 0 atom stereocenters. The second-order valence-corrected chi connectivity index (χ2v) is 4.90. The van der Waals surface area contributed by atoms with Gasteiger partial charge in [0.15, 0.2) is 0 Å². The summed E-state index contributed by atoms with van der Waals surface area (Å²) in [6.07, 6.45) is 2.80. The fraction of sp³-hybridized carbons (Fsp3) is 0.833. The molecule has 0 aromatic carbocycles. The number of nitrogens with one attached hydrogen (secondary N) is 1. The highest BCUT2D eigenvalue weighted by molar-refractivity contribution is 5.75. The number of carbonyl (C=O) groups is 2. The number of carboxylic acids is 1. The van der Waals surface area contributed by atoms with E-state index in [-0.39, 0.29) is 17.7 Å². The molecule has 94 valence electrons. The van der Waals surface area contributed by atoms with Crippen LogP contribution in [0.25, 0.3) is 0 Å². The maximum Gasteiger partial charge on any atom is 0.303 e. The Morgan fingerprint density at radius 3 is 2.25 bits per heavy atom. The first kappa shape index (κ1) is 14.9. The molecule has 4 heteroatoms. The summed E-state index contributed by atoms with van der Waals surface area (Å²) in [5.74, 6) is -0.778. The lowest BCUT2D eigenvalue weighted by Crippen LogP contribution is -2.33. The van der Waals surface area contributed by atoms with Crippen molar-refractivity contribution in [1.82, 2.24) is 5.32 Å². The number of amides is 1. The number of rotatable bonds is 8. The van der Waals surface area contributed by atoms with E-state index in [1.165, 1.54) is 0 Å². The van der Waals surface area contributed by atoms with E-state index in [0.29, 0.717) is 25.8 Å². The lowest BCUT2D eigenvalue weighted by molar-refractivity contribution is -0.137. The van der Waals surface area contributed by atoms with Gasteiger partial charge in [0.05, 0.1) is 0 Å². The molecule has 0 aliphatic rings. The van der Waals surface area contributed by atoms with Gasteiger partial charge in [-0.15, -0.1) is 0 Å². The van der Waals surface area contributed by atoms with Gasteiger partial charge in [-0.1, -0.05) is 20.8 Å². The molecule has 0 spiro atoms. The molecule has 0 saturated heterocycles. The summed E-state index contributed by atoms with van der Waals surface area (Å²) in [6, 6.07) is 0. The highest BCUT2D eigenvalue weighted by atomic mass is 16.4. The molecule has 0 aliphatic heterocycles. The summed E-state index contributed by atoms with van der Waals surface area (Å²) in [7, 11) is 0. The quantitative estimate of drug-likeness (QED) is 0.627. The van der Waals surface area contributed by atoms with E-state index < -0.39 is 5.97 Å². The van der Waals surface area contributed by atoms with Crippen LogP contribution in [0.4, 0.5) is 0 Å². The number of unbranched alkanes of at least 4 members (excludes halogenated alkanes) is 1. The van der Waals surface area contributed by atoms with Crippen molar-refractivity contribution in [2.45, 2.75) is 52.9 Å². The van der Waals surface area contributed by atoms with Crippen molar-refractivity contribution in [1.29, 1.82) is 0 Å². The molecule has 1 amide bonds. The minimum absolute atomic E-state index is 0.0203. The second kappa shape index (κ2) is 7.25. The third-order valence-corrected chi connectivity index (χ3v) is 2.77. The third kappa shape index (κ3) is 8.26. The number of carboxylic acid groups (broad SMARTS) is 1. The van der Waals surface area contributed by atoms with Gasteiger partial charge in [-0.25, -0.2) is 0 Å². The SMILES string of the molecule is CCC(C)(C)CNC(=O)CCCCC(=O)O. The van der Waals surface area contributed by atoms with Crippen LogP contribution in [0.3, 0.4) is 0 Å². The molecule has 0 fully saturated rings. The van der Waals surface area contributed by atoms with Gasteiger partial charge in [0.2, 0.25) is 5.91 Å². The number of hydrogen-bond acceptors (Lipinski definition) is 2. The molecule has 0 saturated carbocycles. The smallest absolute Gasteiger partial charge is 0.303 e. The molecular weight excluding hydrogens is 206 g/mol. The van der Waals surface area contributed by atoms with Crippen LogP contribution in [0.2, 0.25) is 0 Å². The highest BCUT2D eigenvalue weighted by Crippen LogP contribution is 2.17. The summed E-state index contributed by atoms with van der Waals surface area (Å²) in [5, 5.41) is 11.3. The predicted octanol–water partition coefficient (Wildman–Crippen LogP) is 2.18. The standard InChI is InChI=1S/C12H23NO3/c1-4-12(2,3)9-13-10(14)7-5-6-8-11(15)16/h4-9H2,1-3H3,(H,13,14)(H,15,16). The zero-order chi connectivity index (χ0) is 12.6. The van der Waals surface area contributed by atoms with Crippen LogP contribution in [0, 0.1) is 5.41 Å². The highest BCUT2D eigenvalue weighted by Gasteiger charge is 2.15. The Kier molecular flexibility index (Phi) is 6.77. The molecule has 0 aromatic heterocycles. The molecule has 0 aromatic rings. The van der Waals surface area contributed by atoms with Gasteiger partial charge >= 0.3 is 5.97 Å². The lowest BCUT2D eigenvalue weighted by atomic mass is 9.90. The van der Waals surface area contributed by atoms with Gasteiger partial charge in [-0.2, -0.15) is 0 Å². The number of hydrogen-bond donors (Lipinski definition) is 2. The summed E-state index contributed by atoms with van der Waals surface area (Å²) in [5.41, 5.74) is 0.136. The van der Waals surface area contributed by atoms with Crippen molar-refractivity contribution >= 4 is 11.9 Å². The molecule has 2 N–H and O–H groups in total. The van der Waals surface area contributed by atoms with Gasteiger partial charge in [-0.05, 0) is 24.7 Å². The first-order valence-electron chi connectivity index (χ1n) is 5.86. The molecule has 0 rings (SSSR count).